The van der Waals surface area contributed by atoms with Crippen LogP contribution in [0.4, 0.5) is 0 Å². The first-order valence-corrected chi connectivity index (χ1v) is 5.36. The first-order chi connectivity index (χ1) is 6.97. The van der Waals surface area contributed by atoms with Crippen LogP contribution in [-0.2, 0) is 10.4 Å². The van der Waals surface area contributed by atoms with Crippen molar-refractivity contribution in [2.75, 3.05) is 0 Å². The Hall–Kier alpha value is 0.0714. The Labute approximate surface area is 137 Å². The largest absolute Gasteiger partial charge is 2.00 e. The van der Waals surface area contributed by atoms with E-state index in [0.717, 1.165) is 5.52 Å². The van der Waals surface area contributed by atoms with Crippen LogP contribution >= 0.6 is 0 Å². The topological polar surface area (TPSA) is 87.5 Å². The van der Waals surface area contributed by atoms with Gasteiger partial charge >= 0.3 is 59.3 Å². The van der Waals surface area contributed by atoms with Gasteiger partial charge in [-0.3, -0.25) is 14.1 Å². The van der Waals surface area contributed by atoms with Crippen LogP contribution in [0.1, 0.15) is 2.85 Å². The normalized spacial score (nSPS) is 9.88. The third-order valence-corrected chi connectivity index (χ3v) is 1.51. The average Bonchev–Trinajstić information content (AvgIpc) is 2.16. The van der Waals surface area contributed by atoms with Gasteiger partial charge in [-0.15, -0.1) is 0 Å². The minimum Gasteiger partial charge on any atom is -1.00 e. The number of rotatable bonds is 0. The van der Waals surface area contributed by atoms with Crippen LogP contribution in [-0.4, -0.2) is 71.4 Å². The summed E-state index contributed by atoms with van der Waals surface area (Å²) in [6.45, 7) is 0. The summed E-state index contributed by atoms with van der Waals surface area (Å²) in [6.07, 6.45) is 1.81. The summed E-state index contributed by atoms with van der Waals surface area (Å²) >= 11 is 0. The Morgan fingerprint density at radius 2 is 1.56 bits per heavy atom. The van der Waals surface area contributed by atoms with Crippen molar-refractivity contribution in [1.29, 1.82) is 0 Å². The maximum absolute atomic E-state index is 8.74. The van der Waals surface area contributed by atoms with Crippen LogP contribution in [0.5, 0.6) is 0 Å². The predicted molar refractivity (Wildman–Crippen MR) is 63.9 cm³/mol. The predicted octanol–water partition coefficient (Wildman–Crippen LogP) is 1.43. The summed E-state index contributed by atoms with van der Waals surface area (Å²) in [5, 5.41) is 1.20. The number of para-hydroxylation sites is 1. The molecule has 0 spiro atoms. The van der Waals surface area contributed by atoms with Gasteiger partial charge in [0.25, 0.3) is 0 Å². The van der Waals surface area contributed by atoms with Crippen molar-refractivity contribution in [1.82, 2.24) is 4.98 Å². The van der Waals surface area contributed by atoms with Gasteiger partial charge in [0.2, 0.25) is 0 Å². The van der Waals surface area contributed by atoms with Gasteiger partial charge in [-0.2, -0.15) is 8.42 Å². The Kier molecular flexibility index (Phi) is 7.44. The number of fused-ring (bicyclic) bond motifs is 1. The Bertz CT molecular complexity index is 480. The molecule has 0 radical (unpaired) electrons. The minimum absolute atomic E-state index is 0. The van der Waals surface area contributed by atoms with Crippen LogP contribution in [0.3, 0.4) is 0 Å². The molecule has 5 nitrogen and oxygen atoms in total. The van der Waals surface area contributed by atoms with E-state index in [4.69, 9.17) is 17.5 Å². The number of hydrogen-bond donors (Lipinski definition) is 2. The van der Waals surface area contributed by atoms with E-state index in [2.05, 4.69) is 17.1 Å². The second-order valence-corrected chi connectivity index (χ2v) is 3.54. The molecule has 0 atom stereocenters. The van der Waals surface area contributed by atoms with Gasteiger partial charge in [-0.25, -0.2) is 0 Å². The van der Waals surface area contributed by atoms with Gasteiger partial charge in [-0.1, -0.05) is 24.3 Å². The van der Waals surface area contributed by atoms with E-state index in [1.807, 2.05) is 30.5 Å². The van der Waals surface area contributed by atoms with Gasteiger partial charge < -0.3 is 2.85 Å². The molecule has 1 aromatic carbocycles. The second kappa shape index (κ2) is 7.41. The fraction of sp³-hybridized carbons (Fsp3) is 0. The first-order valence-electron chi connectivity index (χ1n) is 3.96. The molecular weight excluding hydrogens is 355 g/mol. The molecule has 0 amide bonds. The minimum atomic E-state index is -4.67. The Morgan fingerprint density at radius 1 is 1.06 bits per heavy atom. The quantitative estimate of drug-likeness (QED) is 0.544. The van der Waals surface area contributed by atoms with Crippen molar-refractivity contribution in [2.24, 2.45) is 0 Å². The molecule has 1 heterocycles. The summed E-state index contributed by atoms with van der Waals surface area (Å²) in [7, 11) is -4.67. The molecule has 84 valence electrons. The van der Waals surface area contributed by atoms with E-state index in [-0.39, 0.29) is 51.7 Å². The molecule has 0 aliphatic carbocycles. The zero-order valence-electron chi connectivity index (χ0n) is 10.3. The molecule has 0 unspecified atom stereocenters. The van der Waals surface area contributed by atoms with Gasteiger partial charge in [0.15, 0.2) is 0 Å². The summed E-state index contributed by atoms with van der Waals surface area (Å²) in [4.78, 5) is 4.18. The van der Waals surface area contributed by atoms with Crippen LogP contribution < -0.4 is 0 Å². The van der Waals surface area contributed by atoms with E-state index in [1.165, 1.54) is 5.39 Å². The Balaban J connectivity index is -0.000000252. The standard InChI is InChI=1S/C9H7N.Ba.H2O4S.2H/c1-2-6-9-8(4-1)5-3-7-10-9;;1-5(2,3)4;;/h1-7H;;(H2,1,2,3,4);;/q;+2;;2*-1. The molecule has 0 aliphatic rings. The maximum atomic E-state index is 8.74. The summed E-state index contributed by atoms with van der Waals surface area (Å²) < 4.78 is 31.6. The molecule has 0 bridgehead atoms. The molecule has 0 aliphatic heterocycles. The molecule has 2 N–H and O–H groups in total. The van der Waals surface area contributed by atoms with E-state index in [0.29, 0.717) is 0 Å². The van der Waals surface area contributed by atoms with Crippen LogP contribution in [0.2, 0.25) is 0 Å². The third kappa shape index (κ3) is 7.36. The number of hydrogen-bond acceptors (Lipinski definition) is 3. The molecule has 2 aromatic rings. The zero-order valence-corrected chi connectivity index (χ0v) is 13.6. The van der Waals surface area contributed by atoms with Gasteiger partial charge in [-0.05, 0) is 12.1 Å². The molecule has 7 heteroatoms. The number of aromatic nitrogens is 1. The smallest absolute Gasteiger partial charge is 1.00 e. The summed E-state index contributed by atoms with van der Waals surface area (Å²) in [5.74, 6) is 0. The van der Waals surface area contributed by atoms with Gasteiger partial charge in [0, 0.05) is 11.6 Å². The number of nitrogens with zero attached hydrogens (tertiary/aromatic N) is 1. The van der Waals surface area contributed by atoms with Gasteiger partial charge in [0.1, 0.15) is 0 Å². The summed E-state index contributed by atoms with van der Waals surface area (Å²) in [5.41, 5.74) is 1.06. The van der Waals surface area contributed by atoms with E-state index in [9.17, 15) is 0 Å². The fourth-order valence-electron chi connectivity index (χ4n) is 1.02. The van der Waals surface area contributed by atoms with E-state index < -0.39 is 10.4 Å². The van der Waals surface area contributed by atoms with E-state index in [1.54, 1.807) is 0 Å². The van der Waals surface area contributed by atoms with Crippen LogP contribution in [0, 0.1) is 0 Å². The molecule has 0 fully saturated rings. The molecule has 1 aromatic heterocycles. The van der Waals surface area contributed by atoms with Crippen LogP contribution in [0.15, 0.2) is 42.6 Å². The molecule has 0 saturated heterocycles. The third-order valence-electron chi connectivity index (χ3n) is 1.51. The number of pyridine rings is 1. The van der Waals surface area contributed by atoms with Crippen molar-refractivity contribution >= 4 is 70.2 Å². The number of benzene rings is 1. The fourth-order valence-corrected chi connectivity index (χ4v) is 1.02. The molecular formula is C9H11BaNO4S. The molecule has 2 rings (SSSR count). The van der Waals surface area contributed by atoms with Gasteiger partial charge in [0.05, 0.1) is 5.52 Å². The SMILES string of the molecule is O=S(=O)(O)O.[Ba+2].[H-].[H-].c1ccc2ncccc2c1. The Morgan fingerprint density at radius 3 is 2.12 bits per heavy atom. The van der Waals surface area contributed by atoms with Crippen LogP contribution in [0.25, 0.3) is 10.9 Å². The van der Waals surface area contributed by atoms with Crippen molar-refractivity contribution in [2.45, 2.75) is 0 Å². The summed E-state index contributed by atoms with van der Waals surface area (Å²) in [6, 6.07) is 12.1. The van der Waals surface area contributed by atoms with Crippen molar-refractivity contribution in [3.8, 4) is 0 Å². The molecule has 16 heavy (non-hydrogen) atoms. The second-order valence-electron chi connectivity index (χ2n) is 2.64. The first kappa shape index (κ1) is 16.1. The van der Waals surface area contributed by atoms with E-state index >= 15 is 0 Å². The monoisotopic (exact) mass is 367 g/mol. The van der Waals surface area contributed by atoms with Crippen molar-refractivity contribution in [3.63, 3.8) is 0 Å². The molecule has 0 saturated carbocycles. The average molecular weight is 367 g/mol. The maximum Gasteiger partial charge on any atom is 2.00 e. The zero-order chi connectivity index (χ0) is 11.3. The van der Waals surface area contributed by atoms with Crippen molar-refractivity contribution in [3.05, 3.63) is 42.6 Å². The van der Waals surface area contributed by atoms with Crippen molar-refractivity contribution < 1.29 is 20.4 Å².